The summed E-state index contributed by atoms with van der Waals surface area (Å²) in [7, 11) is 0. The molecule has 11 heteroatoms. The highest BCUT2D eigenvalue weighted by Gasteiger charge is 2.52. The highest BCUT2D eigenvalue weighted by molar-refractivity contribution is 6.42. The number of piperidine rings is 4. The maximum Gasteiger partial charge on any atom is 0.224 e. The summed E-state index contributed by atoms with van der Waals surface area (Å²) in [5, 5.41) is 20.0. The third-order valence-electron chi connectivity index (χ3n) is 9.84. The first-order chi connectivity index (χ1) is 21.3. The van der Waals surface area contributed by atoms with Crippen LogP contribution in [0, 0.1) is 11.8 Å². The predicted molar refractivity (Wildman–Crippen MR) is 167 cm³/mol. The number of phenols is 1. The fourth-order valence-electron chi connectivity index (χ4n) is 7.87. The molecule has 230 valence electrons. The Morgan fingerprint density at radius 2 is 1.93 bits per heavy atom. The van der Waals surface area contributed by atoms with Crippen molar-refractivity contribution >= 4 is 41.0 Å². The average Bonchev–Trinajstić information content (AvgIpc) is 3.50. The highest BCUT2D eigenvalue weighted by Crippen LogP contribution is 2.46. The van der Waals surface area contributed by atoms with Gasteiger partial charge in [-0.1, -0.05) is 40.6 Å². The Kier molecular flexibility index (Phi) is 8.12. The minimum atomic E-state index is -0.360. The van der Waals surface area contributed by atoms with E-state index >= 15 is 0 Å². The van der Waals surface area contributed by atoms with E-state index in [1.54, 1.807) is 30.3 Å². The number of allylic oxidation sites excluding steroid dienone is 1. The van der Waals surface area contributed by atoms with Gasteiger partial charge in [-0.2, -0.15) is 0 Å². The van der Waals surface area contributed by atoms with E-state index in [4.69, 9.17) is 27.9 Å². The molecule has 0 aliphatic carbocycles. The zero-order chi connectivity index (χ0) is 30.4. The smallest absolute Gasteiger partial charge is 0.224 e. The Bertz CT molecular complexity index is 1610. The molecular formula is C33H35Cl2N5O4. The first kappa shape index (κ1) is 29.3. The second-order valence-corrected chi connectivity index (χ2v) is 13.3. The molecule has 1 amide bonds. The molecule has 0 saturated carbocycles. The first-order valence-electron chi connectivity index (χ1n) is 15.4. The van der Waals surface area contributed by atoms with Gasteiger partial charge >= 0.3 is 0 Å². The van der Waals surface area contributed by atoms with Crippen LogP contribution in [0.2, 0.25) is 10.0 Å². The van der Waals surface area contributed by atoms with Gasteiger partial charge in [0.05, 0.1) is 27.8 Å². The fraction of sp³-hybridized carbons (Fsp3) is 0.455. The summed E-state index contributed by atoms with van der Waals surface area (Å²) in [6.45, 7) is 3.43. The monoisotopic (exact) mass is 635 g/mol. The van der Waals surface area contributed by atoms with Crippen LogP contribution in [-0.2, 0) is 11.4 Å². The van der Waals surface area contributed by atoms with Gasteiger partial charge in [0.15, 0.2) is 5.78 Å². The normalized spacial score (nSPS) is 26.8. The largest absolute Gasteiger partial charge is 0.507 e. The molecule has 5 atom stereocenters. The molecule has 3 aromatic rings. The van der Waals surface area contributed by atoms with E-state index in [9.17, 15) is 14.7 Å². The molecule has 0 unspecified atom stereocenters. The number of ketones is 1. The molecule has 4 aliphatic rings. The lowest BCUT2D eigenvalue weighted by Gasteiger charge is -2.59. The summed E-state index contributed by atoms with van der Waals surface area (Å²) in [6.07, 6.45) is 11.1. The van der Waals surface area contributed by atoms with E-state index in [0.717, 1.165) is 13.0 Å². The molecule has 7 rings (SSSR count). The molecular weight excluding hydrogens is 601 g/mol. The summed E-state index contributed by atoms with van der Waals surface area (Å²) >= 11 is 12.0. The van der Waals surface area contributed by atoms with Crippen molar-refractivity contribution in [2.24, 2.45) is 11.8 Å². The summed E-state index contributed by atoms with van der Waals surface area (Å²) in [5.74, 6) is 1.23. The number of nitrogens with zero attached hydrogens (tertiary/aromatic N) is 5. The molecule has 44 heavy (non-hydrogen) atoms. The third kappa shape index (κ3) is 5.73. The number of aromatic hydroxyl groups is 1. The molecule has 0 bridgehead atoms. The first-order valence-corrected chi connectivity index (χ1v) is 16.2. The Morgan fingerprint density at radius 1 is 1.09 bits per heavy atom. The number of hydrogen-bond donors (Lipinski definition) is 1. The number of rotatable bonds is 7. The lowest BCUT2D eigenvalue weighted by molar-refractivity contribution is -0.153. The van der Waals surface area contributed by atoms with Crippen LogP contribution >= 0.6 is 23.2 Å². The minimum Gasteiger partial charge on any atom is -0.507 e. The Hall–Kier alpha value is -3.40. The van der Waals surface area contributed by atoms with Gasteiger partial charge in [-0.3, -0.25) is 14.5 Å². The van der Waals surface area contributed by atoms with Gasteiger partial charge in [-0.05, 0) is 92.9 Å². The van der Waals surface area contributed by atoms with Crippen molar-refractivity contribution < 1.29 is 19.4 Å². The van der Waals surface area contributed by atoms with E-state index in [-0.39, 0.29) is 41.7 Å². The number of phenolic OH excluding ortho intramolecular Hbond substituents is 1. The standard InChI is InChI=1S/C33H35Cl2N5O4/c34-27-9-5-20(13-28(27)35)6-10-30(41)26-8-7-24(16-31(26)42)44-19-22-18-40(37-36-22)23-14-29-25-4-2-12-38-11-1-3-21(33(25)38)17-39(29)32(43)15-23/h5-10,13,16,18,21,23,25,29,33,42H,1-4,11-12,14-15,17,19H2/b10-6+/t21-,23+,25+,29+,33-/m0/s1. The van der Waals surface area contributed by atoms with Crippen molar-refractivity contribution in [3.8, 4) is 11.5 Å². The van der Waals surface area contributed by atoms with Crippen LogP contribution in [0.3, 0.4) is 0 Å². The molecule has 0 spiro atoms. The fourth-order valence-corrected chi connectivity index (χ4v) is 8.18. The highest BCUT2D eigenvalue weighted by atomic mass is 35.5. The lowest BCUT2D eigenvalue weighted by atomic mass is 9.67. The average molecular weight is 637 g/mol. The maximum absolute atomic E-state index is 13.4. The van der Waals surface area contributed by atoms with Crippen molar-refractivity contribution in [3.63, 3.8) is 0 Å². The molecule has 4 fully saturated rings. The lowest BCUT2D eigenvalue weighted by Crippen LogP contribution is -2.67. The minimum absolute atomic E-state index is 0.0215. The van der Waals surface area contributed by atoms with Gasteiger partial charge in [0.2, 0.25) is 5.91 Å². The number of hydrogen-bond acceptors (Lipinski definition) is 7. The number of ether oxygens (including phenoxy) is 1. The van der Waals surface area contributed by atoms with Crippen LogP contribution in [-0.4, -0.2) is 73.3 Å². The molecule has 0 radical (unpaired) electrons. The van der Waals surface area contributed by atoms with Crippen molar-refractivity contribution in [2.75, 3.05) is 19.6 Å². The van der Waals surface area contributed by atoms with Crippen molar-refractivity contribution in [1.82, 2.24) is 24.8 Å². The van der Waals surface area contributed by atoms with Gasteiger partial charge in [0.1, 0.15) is 23.8 Å². The van der Waals surface area contributed by atoms with Crippen molar-refractivity contribution in [2.45, 2.75) is 63.3 Å². The molecule has 9 nitrogen and oxygen atoms in total. The van der Waals surface area contributed by atoms with Crippen LogP contribution < -0.4 is 4.74 Å². The van der Waals surface area contributed by atoms with E-state index < -0.39 is 0 Å². The summed E-state index contributed by atoms with van der Waals surface area (Å²) in [4.78, 5) is 31.0. The van der Waals surface area contributed by atoms with E-state index in [1.807, 2.05) is 10.9 Å². The Morgan fingerprint density at radius 3 is 2.75 bits per heavy atom. The van der Waals surface area contributed by atoms with Crippen LogP contribution in [0.1, 0.15) is 66.2 Å². The summed E-state index contributed by atoms with van der Waals surface area (Å²) in [5.41, 5.74) is 1.50. The van der Waals surface area contributed by atoms with E-state index in [0.29, 0.717) is 51.4 Å². The molecule has 5 heterocycles. The van der Waals surface area contributed by atoms with E-state index in [2.05, 4.69) is 20.1 Å². The van der Waals surface area contributed by atoms with Crippen LogP contribution in [0.25, 0.3) is 6.08 Å². The SMILES string of the molecule is O=C(/C=C/c1ccc(Cl)c(Cl)c1)c1ccc(OCc2cn([C@H]3CC(=O)N4C[C@@H]5CCCN6CCC[C@@H]([C@H]56)[C@H]4C3)nn2)cc1O. The number of carbonyl (C=O) groups excluding carboxylic acids is 2. The van der Waals surface area contributed by atoms with Gasteiger partial charge < -0.3 is 14.7 Å². The van der Waals surface area contributed by atoms with E-state index in [1.165, 1.54) is 57.0 Å². The zero-order valence-corrected chi connectivity index (χ0v) is 25.8. The van der Waals surface area contributed by atoms with Gasteiger partial charge in [-0.15, -0.1) is 5.10 Å². The number of amides is 1. The Balaban J connectivity index is 0.977. The molecule has 1 aromatic heterocycles. The summed E-state index contributed by atoms with van der Waals surface area (Å²) < 4.78 is 7.70. The number of carbonyl (C=O) groups is 2. The van der Waals surface area contributed by atoms with Gasteiger partial charge in [0, 0.05) is 31.1 Å². The topological polar surface area (TPSA) is 101 Å². The predicted octanol–water partition coefficient (Wildman–Crippen LogP) is 5.80. The Labute approximate surface area is 266 Å². The molecule has 2 aromatic carbocycles. The molecule has 4 saturated heterocycles. The van der Waals surface area contributed by atoms with Gasteiger partial charge in [-0.25, -0.2) is 4.68 Å². The van der Waals surface area contributed by atoms with Crippen LogP contribution in [0.5, 0.6) is 11.5 Å². The number of fused-ring (bicyclic) bond motifs is 2. The molecule has 4 aliphatic heterocycles. The number of aromatic nitrogens is 3. The second kappa shape index (κ2) is 12.2. The second-order valence-electron chi connectivity index (χ2n) is 12.5. The molecule has 1 N–H and O–H groups in total. The van der Waals surface area contributed by atoms with Crippen molar-refractivity contribution in [1.29, 1.82) is 0 Å². The van der Waals surface area contributed by atoms with Gasteiger partial charge in [0.25, 0.3) is 0 Å². The maximum atomic E-state index is 13.4. The zero-order valence-electron chi connectivity index (χ0n) is 24.3. The van der Waals surface area contributed by atoms with Crippen LogP contribution in [0.4, 0.5) is 0 Å². The van der Waals surface area contributed by atoms with Crippen LogP contribution in [0.15, 0.2) is 48.7 Å². The number of halogens is 2. The summed E-state index contributed by atoms with van der Waals surface area (Å²) in [6, 6.07) is 10.5. The third-order valence-corrected chi connectivity index (χ3v) is 10.6. The number of benzene rings is 2. The quantitative estimate of drug-likeness (QED) is 0.259. The van der Waals surface area contributed by atoms with Crippen molar-refractivity contribution in [3.05, 3.63) is 75.5 Å².